The van der Waals surface area contributed by atoms with E-state index in [1.54, 1.807) is 6.92 Å². The molecule has 1 aromatic rings. The molecule has 2 atom stereocenters. The second kappa shape index (κ2) is 14.4. The molecule has 0 saturated heterocycles. The molecular formula is C22H29FN4O6. The molecule has 10 nitrogen and oxygen atoms in total. The van der Waals surface area contributed by atoms with Crippen LogP contribution in [0.1, 0.15) is 44.6 Å². The molecule has 0 aliphatic rings. The maximum Gasteiger partial charge on any atom is 0.305 e. The highest BCUT2D eigenvalue weighted by Gasteiger charge is 2.27. The summed E-state index contributed by atoms with van der Waals surface area (Å²) in [5.74, 6) is -3.24. The van der Waals surface area contributed by atoms with E-state index in [0.29, 0.717) is 11.8 Å². The molecule has 0 spiro atoms. The van der Waals surface area contributed by atoms with Crippen LogP contribution in [0.25, 0.3) is 0 Å². The fourth-order valence-electron chi connectivity index (χ4n) is 2.74. The van der Waals surface area contributed by atoms with Gasteiger partial charge in [0, 0.05) is 25.8 Å². The van der Waals surface area contributed by atoms with Gasteiger partial charge in [-0.25, -0.2) is 4.39 Å². The zero-order chi connectivity index (χ0) is 24.8. The maximum atomic E-state index is 13.1. The topological polar surface area (TPSA) is 155 Å². The number of hydrogen-bond acceptors (Lipinski definition) is 7. The Morgan fingerprint density at radius 2 is 1.61 bits per heavy atom. The Labute approximate surface area is 191 Å². The number of methoxy groups -OCH3 is 1. The summed E-state index contributed by atoms with van der Waals surface area (Å²) in [6.45, 7) is 1.65. The Morgan fingerprint density at radius 1 is 1.00 bits per heavy atom. The number of halogens is 1. The molecule has 0 radical (unpaired) electrons. The molecule has 11 heteroatoms. The predicted octanol–water partition coefficient (Wildman–Crippen LogP) is 0.774. The summed E-state index contributed by atoms with van der Waals surface area (Å²) in [7, 11) is 1.20. The third kappa shape index (κ3) is 10.5. The van der Waals surface area contributed by atoms with Crippen LogP contribution >= 0.6 is 0 Å². The Bertz CT molecular complexity index is 859. The highest BCUT2D eigenvalue weighted by Crippen LogP contribution is 2.06. The molecule has 0 aliphatic heterocycles. The van der Waals surface area contributed by atoms with E-state index in [-0.39, 0.29) is 38.6 Å². The summed E-state index contributed by atoms with van der Waals surface area (Å²) in [5, 5.41) is 14.6. The first kappa shape index (κ1) is 27.4. The lowest BCUT2D eigenvalue weighted by Crippen LogP contribution is -2.53. The Kier molecular flexibility index (Phi) is 12.0. The smallest absolute Gasteiger partial charge is 0.305 e. The van der Waals surface area contributed by atoms with Crippen LogP contribution in [0.5, 0.6) is 0 Å². The third-order valence-electron chi connectivity index (χ3n) is 4.69. The van der Waals surface area contributed by atoms with Crippen molar-refractivity contribution in [2.45, 2.75) is 57.7 Å². The largest absolute Gasteiger partial charge is 0.469 e. The molecule has 0 fully saturated rings. The van der Waals surface area contributed by atoms with Crippen LogP contribution in [0, 0.1) is 11.2 Å². The van der Waals surface area contributed by atoms with Gasteiger partial charge in [0.15, 0.2) is 5.78 Å². The van der Waals surface area contributed by atoms with Crippen LogP contribution in [-0.2, 0) is 35.3 Å². The van der Waals surface area contributed by atoms with Crippen LogP contribution in [-0.4, -0.2) is 54.9 Å². The minimum atomic E-state index is -1.14. The van der Waals surface area contributed by atoms with Gasteiger partial charge in [-0.3, -0.25) is 24.0 Å². The van der Waals surface area contributed by atoms with Gasteiger partial charge in [0.25, 0.3) is 0 Å². The summed E-state index contributed by atoms with van der Waals surface area (Å²) < 4.78 is 17.6. The SMILES string of the molecule is CCC(=O)N[C@@H](CCC(=O)OC)C(=O)N[C@@H](CCC(=O)C=N)C(=O)NCc1ccc(F)cc1. The van der Waals surface area contributed by atoms with Crippen LogP contribution in [0.4, 0.5) is 4.39 Å². The molecule has 0 bridgehead atoms. The lowest BCUT2D eigenvalue weighted by Gasteiger charge is -2.23. The zero-order valence-corrected chi connectivity index (χ0v) is 18.6. The van der Waals surface area contributed by atoms with Gasteiger partial charge in [-0.2, -0.15) is 0 Å². The number of benzene rings is 1. The number of ether oxygens (including phenoxy) is 1. The van der Waals surface area contributed by atoms with E-state index in [1.807, 2.05) is 0 Å². The number of hydrogen-bond donors (Lipinski definition) is 4. The summed E-state index contributed by atoms with van der Waals surface area (Å²) >= 11 is 0. The number of carbonyl (C=O) groups is 5. The molecule has 1 aromatic carbocycles. The van der Waals surface area contributed by atoms with Crippen LogP contribution in [0.15, 0.2) is 24.3 Å². The van der Waals surface area contributed by atoms with Crippen molar-refractivity contribution in [2.24, 2.45) is 0 Å². The normalized spacial score (nSPS) is 12.1. The average Bonchev–Trinajstić information content (AvgIpc) is 2.82. The van der Waals surface area contributed by atoms with Crippen molar-refractivity contribution in [2.75, 3.05) is 7.11 Å². The number of rotatable bonds is 14. The lowest BCUT2D eigenvalue weighted by molar-refractivity contribution is -0.141. The first-order chi connectivity index (χ1) is 15.7. The zero-order valence-electron chi connectivity index (χ0n) is 18.6. The van der Waals surface area contributed by atoms with E-state index in [9.17, 15) is 28.4 Å². The van der Waals surface area contributed by atoms with Crippen molar-refractivity contribution in [3.8, 4) is 0 Å². The van der Waals surface area contributed by atoms with Crippen molar-refractivity contribution in [1.29, 1.82) is 5.41 Å². The molecular weight excluding hydrogens is 435 g/mol. The second-order valence-corrected chi connectivity index (χ2v) is 7.14. The molecule has 0 unspecified atom stereocenters. The standard InChI is InChI=1S/C22H29FN4O6/c1-3-19(29)26-18(10-11-20(30)33-2)22(32)27-17(9-8-16(28)12-24)21(31)25-13-14-4-6-15(23)7-5-14/h4-7,12,17-18,24H,3,8-11,13H2,1-2H3,(H,25,31)(H,26,29)(H,27,32)/t17-,18-/m0/s1. The van der Waals surface area contributed by atoms with Crippen molar-refractivity contribution in [1.82, 2.24) is 16.0 Å². The van der Waals surface area contributed by atoms with Gasteiger partial charge in [0.05, 0.1) is 13.3 Å². The molecule has 180 valence electrons. The molecule has 0 aliphatic carbocycles. The Morgan fingerprint density at radius 3 is 2.18 bits per heavy atom. The number of ketones is 1. The molecule has 0 heterocycles. The molecule has 0 aromatic heterocycles. The first-order valence-corrected chi connectivity index (χ1v) is 10.4. The summed E-state index contributed by atoms with van der Waals surface area (Å²) in [6.07, 6.45) is 0.306. The Balaban J connectivity index is 2.90. The Hall–Kier alpha value is -3.63. The minimum absolute atomic E-state index is 0.0480. The summed E-state index contributed by atoms with van der Waals surface area (Å²) in [5.41, 5.74) is 0.622. The van der Waals surface area contributed by atoms with E-state index in [4.69, 9.17) is 5.41 Å². The second-order valence-electron chi connectivity index (χ2n) is 7.14. The van der Waals surface area contributed by atoms with Gasteiger partial charge >= 0.3 is 5.97 Å². The fraction of sp³-hybridized carbons (Fsp3) is 0.455. The highest BCUT2D eigenvalue weighted by molar-refractivity contribution is 6.26. The van der Waals surface area contributed by atoms with E-state index in [2.05, 4.69) is 20.7 Å². The predicted molar refractivity (Wildman–Crippen MR) is 117 cm³/mol. The highest BCUT2D eigenvalue weighted by atomic mass is 19.1. The third-order valence-corrected chi connectivity index (χ3v) is 4.69. The lowest BCUT2D eigenvalue weighted by atomic mass is 10.1. The van der Waals surface area contributed by atoms with E-state index in [0.717, 1.165) is 0 Å². The molecule has 4 N–H and O–H groups in total. The molecule has 1 rings (SSSR count). The van der Waals surface area contributed by atoms with Crippen LogP contribution in [0.2, 0.25) is 0 Å². The van der Waals surface area contributed by atoms with E-state index in [1.165, 1.54) is 31.4 Å². The first-order valence-electron chi connectivity index (χ1n) is 10.4. The summed E-state index contributed by atoms with van der Waals surface area (Å²) in [6, 6.07) is 3.23. The maximum absolute atomic E-state index is 13.1. The van der Waals surface area contributed by atoms with Crippen LogP contribution < -0.4 is 16.0 Å². The summed E-state index contributed by atoms with van der Waals surface area (Å²) in [4.78, 5) is 60.3. The molecule has 33 heavy (non-hydrogen) atoms. The van der Waals surface area contributed by atoms with Crippen molar-refractivity contribution in [3.05, 3.63) is 35.6 Å². The van der Waals surface area contributed by atoms with E-state index < -0.39 is 47.4 Å². The van der Waals surface area contributed by atoms with E-state index >= 15 is 0 Å². The number of amides is 3. The van der Waals surface area contributed by atoms with Gasteiger partial charge in [-0.1, -0.05) is 19.1 Å². The van der Waals surface area contributed by atoms with Gasteiger partial charge in [0.1, 0.15) is 17.9 Å². The fourth-order valence-corrected chi connectivity index (χ4v) is 2.74. The minimum Gasteiger partial charge on any atom is -0.469 e. The van der Waals surface area contributed by atoms with Gasteiger partial charge in [0.2, 0.25) is 17.7 Å². The number of carbonyl (C=O) groups excluding carboxylic acids is 5. The quantitative estimate of drug-likeness (QED) is 0.236. The van der Waals surface area contributed by atoms with Gasteiger partial charge < -0.3 is 26.1 Å². The van der Waals surface area contributed by atoms with Crippen molar-refractivity contribution in [3.63, 3.8) is 0 Å². The average molecular weight is 464 g/mol. The number of nitrogens with one attached hydrogen (secondary N) is 4. The van der Waals surface area contributed by atoms with Crippen molar-refractivity contribution < 1.29 is 33.1 Å². The molecule has 3 amide bonds. The number of esters is 1. The number of Topliss-reactive ketones (excluding diaryl/α,β-unsaturated/α-hetero) is 1. The monoisotopic (exact) mass is 464 g/mol. The van der Waals surface area contributed by atoms with Gasteiger partial charge in [-0.05, 0) is 30.5 Å². The van der Waals surface area contributed by atoms with Crippen molar-refractivity contribution >= 4 is 35.7 Å². The molecule has 0 saturated carbocycles. The van der Waals surface area contributed by atoms with Gasteiger partial charge in [-0.15, -0.1) is 0 Å². The van der Waals surface area contributed by atoms with Crippen LogP contribution in [0.3, 0.4) is 0 Å².